The van der Waals surface area contributed by atoms with Crippen molar-refractivity contribution in [3.63, 3.8) is 0 Å². The third kappa shape index (κ3) is 3.00. The minimum absolute atomic E-state index is 0.205. The van der Waals surface area contributed by atoms with E-state index in [1.165, 1.54) is 31.2 Å². The van der Waals surface area contributed by atoms with Gasteiger partial charge in [-0.3, -0.25) is 0 Å². The van der Waals surface area contributed by atoms with Gasteiger partial charge in [-0.25, -0.2) is 0 Å². The van der Waals surface area contributed by atoms with E-state index in [0.29, 0.717) is 0 Å². The zero-order chi connectivity index (χ0) is 15.9. The monoisotopic (exact) mass is 484 g/mol. The van der Waals surface area contributed by atoms with Gasteiger partial charge in [-0.2, -0.15) is 0 Å². The van der Waals surface area contributed by atoms with Crippen LogP contribution in [0.4, 0.5) is 5.69 Å². The van der Waals surface area contributed by atoms with Gasteiger partial charge in [-0.1, -0.05) is 0 Å². The minimum atomic E-state index is 0.205. The molecule has 1 heterocycles. The molecular formula is C20H22NPb. The number of anilines is 1. The molecule has 0 N–H and O–H groups in total. The summed E-state index contributed by atoms with van der Waals surface area (Å²) in [5.74, 6) is 0. The zero-order valence-corrected chi connectivity index (χ0v) is 17.7. The van der Waals surface area contributed by atoms with Crippen molar-refractivity contribution in [1.29, 1.82) is 0 Å². The van der Waals surface area contributed by atoms with E-state index in [0.717, 1.165) is 32.3 Å². The van der Waals surface area contributed by atoms with Crippen LogP contribution < -0.4 is 4.90 Å². The fourth-order valence-electron chi connectivity index (χ4n) is 3.19. The van der Waals surface area contributed by atoms with Crippen LogP contribution in [0.1, 0.15) is 43.0 Å². The molecule has 3 rings (SSSR count). The molecule has 0 spiro atoms. The fraction of sp³-hybridized carbons (Fsp3) is 0.300. The van der Waals surface area contributed by atoms with Gasteiger partial charge in [-0.05, 0) is 0 Å². The van der Waals surface area contributed by atoms with Crippen molar-refractivity contribution < 1.29 is 0 Å². The molecule has 0 amide bonds. The Hall–Kier alpha value is -1.10. The van der Waals surface area contributed by atoms with E-state index in [4.69, 9.17) is 0 Å². The number of hydrogen-bond donors (Lipinski definition) is 0. The summed E-state index contributed by atoms with van der Waals surface area (Å²) < 4.78 is 1.45. The predicted octanol–water partition coefficient (Wildman–Crippen LogP) is 4.78. The Morgan fingerprint density at radius 1 is 1.05 bits per heavy atom. The number of fused-ring (bicyclic) bond motifs is 1. The van der Waals surface area contributed by atoms with Gasteiger partial charge in [0.05, 0.1) is 0 Å². The van der Waals surface area contributed by atoms with Crippen LogP contribution in [0, 0.1) is 6.92 Å². The van der Waals surface area contributed by atoms with Crippen molar-refractivity contribution in [2.75, 3.05) is 4.90 Å². The molecule has 0 unspecified atom stereocenters. The number of rotatable bonds is 1. The number of benzene rings is 2. The summed E-state index contributed by atoms with van der Waals surface area (Å²) in [6, 6.07) is 15.7. The van der Waals surface area contributed by atoms with Crippen molar-refractivity contribution >= 4 is 37.5 Å². The molecule has 1 nitrogen and oxygen atoms in total. The third-order valence-electron chi connectivity index (χ3n) is 4.30. The van der Waals surface area contributed by atoms with Crippen molar-refractivity contribution in [1.82, 2.24) is 0 Å². The summed E-state index contributed by atoms with van der Waals surface area (Å²) in [6.45, 7) is 10.1. The molecule has 1 aliphatic heterocycles. The first-order valence-corrected chi connectivity index (χ1v) is 9.70. The van der Waals surface area contributed by atoms with Crippen LogP contribution in [0.15, 0.2) is 45.7 Å². The van der Waals surface area contributed by atoms with Gasteiger partial charge < -0.3 is 0 Å². The van der Waals surface area contributed by atoms with Gasteiger partial charge in [0.25, 0.3) is 0 Å². The Morgan fingerprint density at radius 2 is 1.77 bits per heavy atom. The summed E-state index contributed by atoms with van der Waals surface area (Å²) in [5.41, 5.74) is 7.15. The van der Waals surface area contributed by atoms with Crippen molar-refractivity contribution in [2.45, 2.75) is 39.7 Å². The number of aryl methyl sites for hydroxylation is 1. The summed E-state index contributed by atoms with van der Waals surface area (Å²) >= 11 is 1.06. The summed E-state index contributed by atoms with van der Waals surface area (Å²) in [4.78, 5) is 2.47. The van der Waals surface area contributed by atoms with Gasteiger partial charge in [0.1, 0.15) is 0 Å². The van der Waals surface area contributed by atoms with Crippen molar-refractivity contribution in [3.05, 3.63) is 68.0 Å². The van der Waals surface area contributed by atoms with Gasteiger partial charge in [-0.15, -0.1) is 0 Å². The third-order valence-corrected chi connectivity index (χ3v) is 5.91. The molecule has 22 heavy (non-hydrogen) atoms. The Labute approximate surface area is 149 Å². The Balaban J connectivity index is 1.98. The van der Waals surface area contributed by atoms with Gasteiger partial charge in [0.2, 0.25) is 0 Å². The second-order valence-electron chi connectivity index (χ2n) is 7.06. The van der Waals surface area contributed by atoms with E-state index in [1.54, 1.807) is 0 Å². The van der Waals surface area contributed by atoms with E-state index >= 15 is 0 Å². The van der Waals surface area contributed by atoms with E-state index < -0.39 is 0 Å². The van der Waals surface area contributed by atoms with Crippen LogP contribution in [0.2, 0.25) is 0 Å². The summed E-state index contributed by atoms with van der Waals surface area (Å²) in [5, 5.41) is 0. The van der Waals surface area contributed by atoms with Crippen LogP contribution in [-0.2, 0) is 12.0 Å². The van der Waals surface area contributed by atoms with E-state index in [2.05, 4.69) is 81.1 Å². The summed E-state index contributed by atoms with van der Waals surface area (Å²) in [6.07, 6.45) is 2.35. The van der Waals surface area contributed by atoms with Crippen LogP contribution in [-0.4, -0.2) is 25.8 Å². The average Bonchev–Trinajstić information content (AvgIpc) is 2.45. The van der Waals surface area contributed by atoms with Crippen LogP contribution in [0.3, 0.4) is 0 Å². The van der Waals surface area contributed by atoms with E-state index in [9.17, 15) is 0 Å². The second kappa shape index (κ2) is 5.84. The van der Waals surface area contributed by atoms with Gasteiger partial charge in [0.15, 0.2) is 0 Å². The maximum atomic E-state index is 2.47. The molecule has 1 aliphatic rings. The summed E-state index contributed by atoms with van der Waals surface area (Å²) in [7, 11) is 0. The SMILES string of the molecule is Cc1cc(N2Cc3ccccc3C=[C]2[Pb])ccc1C(C)(C)C. The molecule has 111 valence electrons. The Morgan fingerprint density at radius 3 is 2.45 bits per heavy atom. The molecule has 2 heteroatoms. The van der Waals surface area contributed by atoms with E-state index in [1.807, 2.05) is 0 Å². The average molecular weight is 484 g/mol. The number of nitrogens with zero attached hydrogens (tertiary/aromatic N) is 1. The quantitative estimate of drug-likeness (QED) is 0.528. The zero-order valence-electron chi connectivity index (χ0n) is 13.8. The molecule has 0 aliphatic carbocycles. The van der Waals surface area contributed by atoms with Gasteiger partial charge in [0, 0.05) is 0 Å². The fourth-order valence-corrected chi connectivity index (χ4v) is 4.60. The molecule has 0 aromatic heterocycles. The standard InChI is InChI=1S/C20H22N.Pb/c1-15-13-18(9-10-19(15)20(2,3)4)21-12-11-16-7-5-6-8-17(16)14-21;/h5-11,13H,14H2,1-4H3;. The molecule has 2 aromatic carbocycles. The van der Waals surface area contributed by atoms with Crippen LogP contribution in [0.5, 0.6) is 0 Å². The molecule has 2 aromatic rings. The van der Waals surface area contributed by atoms with E-state index in [-0.39, 0.29) is 5.41 Å². The molecule has 0 fully saturated rings. The normalized spacial score (nSPS) is 14.6. The van der Waals surface area contributed by atoms with Crippen LogP contribution in [0.25, 0.3) is 6.08 Å². The van der Waals surface area contributed by atoms with Crippen molar-refractivity contribution in [3.8, 4) is 0 Å². The first-order chi connectivity index (χ1) is 10.4. The first kappa shape index (κ1) is 15.8. The Kier molecular flexibility index (Phi) is 4.19. The number of hydrogen-bond acceptors (Lipinski definition) is 1. The Bertz CT molecular complexity index is 738. The molecule has 0 atom stereocenters. The van der Waals surface area contributed by atoms with Crippen LogP contribution >= 0.6 is 0 Å². The maximum absolute atomic E-state index is 2.47. The molecule has 0 saturated carbocycles. The first-order valence-electron chi connectivity index (χ1n) is 7.76. The molecular weight excluding hydrogens is 461 g/mol. The van der Waals surface area contributed by atoms with Gasteiger partial charge >= 0.3 is 150 Å². The topological polar surface area (TPSA) is 3.24 Å². The molecule has 0 saturated heterocycles. The van der Waals surface area contributed by atoms with Crippen molar-refractivity contribution in [2.24, 2.45) is 0 Å². The molecule has 3 radical (unpaired) electrons. The predicted molar refractivity (Wildman–Crippen MR) is 96.2 cm³/mol. The second-order valence-corrected chi connectivity index (χ2v) is 9.06. The molecule has 0 bridgehead atoms.